The van der Waals surface area contributed by atoms with Crippen LogP contribution in [0.1, 0.15) is 24.4 Å². The van der Waals surface area contributed by atoms with Gasteiger partial charge in [-0.15, -0.1) is 11.3 Å². The molecule has 0 radical (unpaired) electrons. The fourth-order valence-corrected chi connectivity index (χ4v) is 2.66. The monoisotopic (exact) mass is 275 g/mol. The maximum absolute atomic E-state index is 4.73. The third kappa shape index (κ3) is 4.04. The van der Waals surface area contributed by atoms with Crippen LogP contribution in [0.15, 0.2) is 35.7 Å². The van der Waals surface area contributed by atoms with Gasteiger partial charge in [-0.3, -0.25) is 0 Å². The Hall–Kier alpha value is -1.39. The minimum Gasteiger partial charge on any atom is -0.352 e. The summed E-state index contributed by atoms with van der Waals surface area (Å²) in [6, 6.07) is 10.5. The van der Waals surface area contributed by atoms with Gasteiger partial charge in [-0.2, -0.15) is 0 Å². The van der Waals surface area contributed by atoms with Crippen molar-refractivity contribution in [2.24, 2.45) is 0 Å². The van der Waals surface area contributed by atoms with Crippen molar-refractivity contribution in [2.45, 2.75) is 26.9 Å². The molecule has 102 valence electrons. The number of rotatable bonds is 7. The lowest BCUT2D eigenvalue weighted by atomic mass is 10.3. The van der Waals surface area contributed by atoms with Crippen LogP contribution in [0.2, 0.25) is 0 Å². The van der Waals surface area contributed by atoms with Crippen molar-refractivity contribution in [3.63, 3.8) is 0 Å². The van der Waals surface area contributed by atoms with Crippen molar-refractivity contribution >= 4 is 17.2 Å². The topological polar surface area (TPSA) is 28.2 Å². The molecule has 19 heavy (non-hydrogen) atoms. The molecular formula is C15H21N3S. The number of anilines is 1. The van der Waals surface area contributed by atoms with Crippen LogP contribution in [-0.2, 0) is 13.1 Å². The Kier molecular flexibility index (Phi) is 5.36. The fraction of sp³-hybridized carbons (Fsp3) is 0.400. The number of aromatic nitrogens is 1. The van der Waals surface area contributed by atoms with Gasteiger partial charge in [0.2, 0.25) is 0 Å². The zero-order valence-electron chi connectivity index (χ0n) is 11.6. The van der Waals surface area contributed by atoms with E-state index in [1.807, 2.05) is 0 Å². The largest absolute Gasteiger partial charge is 0.352 e. The molecule has 2 rings (SSSR count). The number of nitrogens with one attached hydrogen (secondary N) is 1. The van der Waals surface area contributed by atoms with Gasteiger partial charge in [-0.1, -0.05) is 19.1 Å². The molecule has 0 unspecified atom stereocenters. The summed E-state index contributed by atoms with van der Waals surface area (Å²) in [6.07, 6.45) is 0. The standard InChI is InChI=1S/C15H21N3S/c1-3-16-11-13-7-5-9-15(17-13)18(4-2)12-14-8-6-10-19-14/h5-10,16H,3-4,11-12H2,1-2H3. The Labute approximate surface area is 119 Å². The highest BCUT2D eigenvalue weighted by molar-refractivity contribution is 7.09. The highest BCUT2D eigenvalue weighted by Gasteiger charge is 2.08. The minimum atomic E-state index is 0.834. The minimum absolute atomic E-state index is 0.834. The normalized spacial score (nSPS) is 10.6. The first-order chi connectivity index (χ1) is 9.33. The van der Waals surface area contributed by atoms with Crippen LogP contribution >= 0.6 is 11.3 Å². The molecule has 0 aromatic carbocycles. The summed E-state index contributed by atoms with van der Waals surface area (Å²) in [7, 11) is 0. The third-order valence-corrected chi connectivity index (χ3v) is 3.84. The average Bonchev–Trinajstić information content (AvgIpc) is 2.96. The summed E-state index contributed by atoms with van der Waals surface area (Å²) in [5.41, 5.74) is 1.10. The van der Waals surface area contributed by atoms with Gasteiger partial charge < -0.3 is 10.2 Å². The van der Waals surface area contributed by atoms with Crippen LogP contribution < -0.4 is 10.2 Å². The molecule has 4 heteroatoms. The van der Waals surface area contributed by atoms with Crippen LogP contribution in [0, 0.1) is 0 Å². The molecule has 0 atom stereocenters. The van der Waals surface area contributed by atoms with Crippen LogP contribution in [0.4, 0.5) is 5.82 Å². The Morgan fingerprint density at radius 1 is 1.21 bits per heavy atom. The van der Waals surface area contributed by atoms with Crippen molar-refractivity contribution in [1.82, 2.24) is 10.3 Å². The maximum atomic E-state index is 4.73. The van der Waals surface area contributed by atoms with Crippen LogP contribution in [0.5, 0.6) is 0 Å². The van der Waals surface area contributed by atoms with Crippen LogP contribution in [0.3, 0.4) is 0 Å². The Balaban J connectivity index is 2.09. The van der Waals surface area contributed by atoms with Gasteiger partial charge in [0, 0.05) is 18.0 Å². The number of hydrogen-bond donors (Lipinski definition) is 1. The Bertz CT molecular complexity index is 482. The summed E-state index contributed by atoms with van der Waals surface area (Å²) in [6.45, 7) is 7.99. The first-order valence-electron chi connectivity index (χ1n) is 6.77. The quantitative estimate of drug-likeness (QED) is 0.840. The molecule has 1 N–H and O–H groups in total. The molecule has 0 aliphatic rings. The maximum Gasteiger partial charge on any atom is 0.129 e. The van der Waals surface area contributed by atoms with Crippen molar-refractivity contribution in [3.8, 4) is 0 Å². The van der Waals surface area contributed by atoms with E-state index in [1.54, 1.807) is 11.3 Å². The van der Waals surface area contributed by atoms with Crippen LogP contribution in [-0.4, -0.2) is 18.1 Å². The van der Waals surface area contributed by atoms with E-state index in [0.29, 0.717) is 0 Å². The second-order valence-corrected chi connectivity index (χ2v) is 5.39. The fourth-order valence-electron chi connectivity index (χ4n) is 1.94. The van der Waals surface area contributed by atoms with Crippen molar-refractivity contribution < 1.29 is 0 Å². The highest BCUT2D eigenvalue weighted by atomic mass is 32.1. The van der Waals surface area contributed by atoms with Gasteiger partial charge >= 0.3 is 0 Å². The van der Waals surface area contributed by atoms with E-state index in [0.717, 1.165) is 37.7 Å². The second kappa shape index (κ2) is 7.26. The van der Waals surface area contributed by atoms with Gasteiger partial charge in [0.1, 0.15) is 5.82 Å². The second-order valence-electron chi connectivity index (χ2n) is 4.36. The molecule has 2 aromatic heterocycles. The van der Waals surface area contributed by atoms with Gasteiger partial charge in [0.25, 0.3) is 0 Å². The van der Waals surface area contributed by atoms with E-state index < -0.39 is 0 Å². The highest BCUT2D eigenvalue weighted by Crippen LogP contribution is 2.17. The number of nitrogens with zero attached hydrogens (tertiary/aromatic N) is 2. The van der Waals surface area contributed by atoms with Gasteiger partial charge in [-0.05, 0) is 37.0 Å². The predicted molar refractivity (Wildman–Crippen MR) is 82.7 cm³/mol. The lowest BCUT2D eigenvalue weighted by molar-refractivity contribution is 0.706. The summed E-state index contributed by atoms with van der Waals surface area (Å²) in [4.78, 5) is 8.41. The van der Waals surface area contributed by atoms with Crippen molar-refractivity contribution in [2.75, 3.05) is 18.0 Å². The van der Waals surface area contributed by atoms with Crippen LogP contribution in [0.25, 0.3) is 0 Å². The van der Waals surface area contributed by atoms with E-state index in [9.17, 15) is 0 Å². The molecule has 3 nitrogen and oxygen atoms in total. The van der Waals surface area contributed by atoms with E-state index in [-0.39, 0.29) is 0 Å². The molecule has 0 aliphatic heterocycles. The zero-order chi connectivity index (χ0) is 13.5. The lowest BCUT2D eigenvalue weighted by Gasteiger charge is -2.21. The average molecular weight is 275 g/mol. The molecule has 0 saturated carbocycles. The Morgan fingerprint density at radius 2 is 2.11 bits per heavy atom. The summed E-state index contributed by atoms with van der Waals surface area (Å²) >= 11 is 1.80. The Morgan fingerprint density at radius 3 is 2.79 bits per heavy atom. The third-order valence-electron chi connectivity index (χ3n) is 2.98. The summed E-state index contributed by atoms with van der Waals surface area (Å²) in [5, 5.41) is 5.44. The molecule has 2 heterocycles. The van der Waals surface area contributed by atoms with Gasteiger partial charge in [-0.25, -0.2) is 4.98 Å². The van der Waals surface area contributed by atoms with Crippen molar-refractivity contribution in [1.29, 1.82) is 0 Å². The van der Waals surface area contributed by atoms with E-state index in [1.165, 1.54) is 4.88 Å². The molecule has 0 fully saturated rings. The number of thiophene rings is 1. The molecule has 0 aliphatic carbocycles. The van der Waals surface area contributed by atoms with Crippen molar-refractivity contribution in [3.05, 3.63) is 46.3 Å². The molecular weight excluding hydrogens is 254 g/mol. The molecule has 0 amide bonds. The lowest BCUT2D eigenvalue weighted by Crippen LogP contribution is -2.23. The van der Waals surface area contributed by atoms with E-state index in [4.69, 9.17) is 4.98 Å². The first-order valence-corrected chi connectivity index (χ1v) is 7.65. The molecule has 0 spiro atoms. The zero-order valence-corrected chi connectivity index (χ0v) is 12.4. The summed E-state index contributed by atoms with van der Waals surface area (Å²) in [5.74, 6) is 1.06. The number of pyridine rings is 1. The van der Waals surface area contributed by atoms with E-state index in [2.05, 4.69) is 59.8 Å². The smallest absolute Gasteiger partial charge is 0.129 e. The molecule has 0 bridgehead atoms. The number of hydrogen-bond acceptors (Lipinski definition) is 4. The summed E-state index contributed by atoms with van der Waals surface area (Å²) < 4.78 is 0. The SMILES string of the molecule is CCNCc1cccc(N(CC)Cc2cccs2)n1. The first kappa shape index (κ1) is 14.0. The molecule has 0 saturated heterocycles. The predicted octanol–water partition coefficient (Wildman–Crippen LogP) is 3.28. The van der Waals surface area contributed by atoms with Gasteiger partial charge in [0.05, 0.1) is 12.2 Å². The molecule has 2 aromatic rings. The van der Waals surface area contributed by atoms with E-state index >= 15 is 0 Å². The van der Waals surface area contributed by atoms with Gasteiger partial charge in [0.15, 0.2) is 0 Å².